The summed E-state index contributed by atoms with van der Waals surface area (Å²) in [5.41, 5.74) is 2.94. The lowest BCUT2D eigenvalue weighted by Gasteiger charge is -2.10. The van der Waals surface area contributed by atoms with Gasteiger partial charge in [-0.15, -0.1) is 0 Å². The fourth-order valence-corrected chi connectivity index (χ4v) is 2.54. The number of halogens is 1. The van der Waals surface area contributed by atoms with Gasteiger partial charge in [0.1, 0.15) is 0 Å². The Morgan fingerprint density at radius 1 is 1.05 bits per heavy atom. The molecule has 0 aliphatic heterocycles. The minimum Gasteiger partial charge on any atom is -0.352 e. The number of hydrogen-bond acceptors (Lipinski definition) is 2. The first-order chi connectivity index (χ1) is 10.7. The Hall–Kier alpha value is -1.84. The smallest absolute Gasteiger partial charge is 0.251 e. The van der Waals surface area contributed by atoms with E-state index in [0.29, 0.717) is 6.54 Å². The Kier molecular flexibility index (Phi) is 6.44. The van der Waals surface area contributed by atoms with Crippen LogP contribution >= 0.6 is 11.6 Å². The lowest BCUT2D eigenvalue weighted by Crippen LogP contribution is -2.27. The minimum absolute atomic E-state index is 0.0197. The predicted molar refractivity (Wildman–Crippen MR) is 91.6 cm³/mol. The Labute approximate surface area is 136 Å². The van der Waals surface area contributed by atoms with Gasteiger partial charge < -0.3 is 10.6 Å². The zero-order valence-electron chi connectivity index (χ0n) is 12.7. The maximum Gasteiger partial charge on any atom is 0.251 e. The Balaban J connectivity index is 1.92. The van der Waals surface area contributed by atoms with E-state index in [2.05, 4.69) is 10.6 Å². The van der Waals surface area contributed by atoms with Crippen molar-refractivity contribution < 1.29 is 4.79 Å². The third-order valence-corrected chi connectivity index (χ3v) is 3.73. The summed E-state index contributed by atoms with van der Waals surface area (Å²) in [6, 6.07) is 15.5. The van der Waals surface area contributed by atoms with E-state index in [9.17, 15) is 4.79 Å². The van der Waals surface area contributed by atoms with Crippen molar-refractivity contribution >= 4 is 17.5 Å². The topological polar surface area (TPSA) is 41.1 Å². The molecule has 0 radical (unpaired) electrons. The van der Waals surface area contributed by atoms with Crippen LogP contribution in [0.5, 0.6) is 0 Å². The molecule has 0 saturated heterocycles. The van der Waals surface area contributed by atoms with Crippen LogP contribution in [0.1, 0.15) is 21.5 Å². The van der Waals surface area contributed by atoms with E-state index < -0.39 is 0 Å². The molecule has 3 nitrogen and oxygen atoms in total. The van der Waals surface area contributed by atoms with E-state index in [4.69, 9.17) is 11.6 Å². The second kappa shape index (κ2) is 8.57. The number of carbonyl (C=O) groups excluding carboxylic acids is 1. The maximum atomic E-state index is 12.3. The molecule has 0 spiro atoms. The van der Waals surface area contributed by atoms with Crippen molar-refractivity contribution in [2.24, 2.45) is 0 Å². The third kappa shape index (κ3) is 4.86. The molecular formula is C18H21ClN2O. The fraction of sp³-hybridized carbons (Fsp3) is 0.278. The predicted octanol–water partition coefficient (Wildman–Crippen LogP) is 3.07. The van der Waals surface area contributed by atoms with Gasteiger partial charge >= 0.3 is 0 Å². The highest BCUT2D eigenvalue weighted by Gasteiger charge is 2.09. The molecule has 0 atom stereocenters. The summed E-state index contributed by atoms with van der Waals surface area (Å²) in [5, 5.41) is 6.81. The molecule has 0 aliphatic rings. The number of nitrogens with one attached hydrogen (secondary N) is 2. The first-order valence-corrected chi connectivity index (χ1v) is 7.83. The van der Waals surface area contributed by atoms with E-state index in [1.54, 1.807) is 0 Å². The van der Waals surface area contributed by atoms with Crippen molar-refractivity contribution in [2.45, 2.75) is 12.8 Å². The van der Waals surface area contributed by atoms with Gasteiger partial charge in [0.25, 0.3) is 5.91 Å². The largest absolute Gasteiger partial charge is 0.352 e. The van der Waals surface area contributed by atoms with Crippen LogP contribution in [0.4, 0.5) is 0 Å². The van der Waals surface area contributed by atoms with E-state index in [1.807, 2.05) is 55.6 Å². The highest BCUT2D eigenvalue weighted by molar-refractivity contribution is 6.30. The van der Waals surface area contributed by atoms with Gasteiger partial charge in [-0.25, -0.2) is 0 Å². The molecule has 22 heavy (non-hydrogen) atoms. The van der Waals surface area contributed by atoms with Crippen LogP contribution in [0.15, 0.2) is 48.5 Å². The van der Waals surface area contributed by atoms with Gasteiger partial charge in [-0.1, -0.05) is 41.9 Å². The third-order valence-electron chi connectivity index (χ3n) is 3.49. The molecular weight excluding hydrogens is 296 g/mol. The fourth-order valence-electron chi connectivity index (χ4n) is 2.33. The Bertz CT molecular complexity index is 628. The van der Waals surface area contributed by atoms with E-state index in [1.165, 1.54) is 0 Å². The summed E-state index contributed by atoms with van der Waals surface area (Å²) < 4.78 is 0. The number of benzene rings is 2. The van der Waals surface area contributed by atoms with Crippen molar-refractivity contribution in [3.8, 4) is 0 Å². The molecule has 0 aromatic heterocycles. The molecule has 4 heteroatoms. The van der Waals surface area contributed by atoms with Gasteiger partial charge in [-0.3, -0.25) is 4.79 Å². The highest BCUT2D eigenvalue weighted by Crippen LogP contribution is 2.11. The van der Waals surface area contributed by atoms with Crippen molar-refractivity contribution in [3.63, 3.8) is 0 Å². The number of likely N-dealkylation sites (N-methyl/N-ethyl adjacent to an activating group) is 1. The van der Waals surface area contributed by atoms with E-state index >= 15 is 0 Å². The summed E-state index contributed by atoms with van der Waals surface area (Å²) in [5.74, 6) is -0.0197. The minimum atomic E-state index is -0.0197. The van der Waals surface area contributed by atoms with Gasteiger partial charge in [0, 0.05) is 17.1 Å². The monoisotopic (exact) mass is 316 g/mol. The van der Waals surface area contributed by atoms with Crippen LogP contribution in [0, 0.1) is 0 Å². The molecule has 0 aliphatic carbocycles. The van der Waals surface area contributed by atoms with Crippen LogP contribution in [-0.2, 0) is 12.8 Å². The number of hydrogen-bond donors (Lipinski definition) is 2. The molecule has 0 fully saturated rings. The summed E-state index contributed by atoms with van der Waals surface area (Å²) in [6.45, 7) is 1.45. The molecule has 0 unspecified atom stereocenters. The molecule has 116 valence electrons. The zero-order chi connectivity index (χ0) is 15.8. The second-order valence-electron chi connectivity index (χ2n) is 5.15. The molecule has 2 aromatic carbocycles. The van der Waals surface area contributed by atoms with Crippen molar-refractivity contribution in [3.05, 3.63) is 70.2 Å². The molecule has 2 rings (SSSR count). The SMILES string of the molecule is CNCCc1ccccc1C(=O)NCCc1cccc(Cl)c1. The van der Waals surface area contributed by atoms with Crippen LogP contribution in [0.2, 0.25) is 5.02 Å². The summed E-state index contributed by atoms with van der Waals surface area (Å²) >= 11 is 5.96. The molecule has 0 heterocycles. The van der Waals surface area contributed by atoms with Gasteiger partial charge in [0.2, 0.25) is 0 Å². The number of rotatable bonds is 7. The standard InChI is InChI=1S/C18H21ClN2O/c1-20-11-10-15-6-2-3-8-17(15)18(22)21-12-9-14-5-4-7-16(19)13-14/h2-8,13,20H,9-12H2,1H3,(H,21,22). The average Bonchev–Trinajstić information content (AvgIpc) is 2.53. The van der Waals surface area contributed by atoms with Crippen molar-refractivity contribution in [1.29, 1.82) is 0 Å². The van der Waals surface area contributed by atoms with Gasteiger partial charge in [0.05, 0.1) is 0 Å². The van der Waals surface area contributed by atoms with Crippen molar-refractivity contribution in [1.82, 2.24) is 10.6 Å². The quantitative estimate of drug-likeness (QED) is 0.824. The Morgan fingerprint density at radius 3 is 2.64 bits per heavy atom. The van der Waals surface area contributed by atoms with Crippen LogP contribution in [0.25, 0.3) is 0 Å². The summed E-state index contributed by atoms with van der Waals surface area (Å²) in [6.07, 6.45) is 1.61. The molecule has 0 bridgehead atoms. The summed E-state index contributed by atoms with van der Waals surface area (Å²) in [4.78, 5) is 12.3. The average molecular weight is 317 g/mol. The van der Waals surface area contributed by atoms with Crippen LogP contribution in [-0.4, -0.2) is 26.0 Å². The highest BCUT2D eigenvalue weighted by atomic mass is 35.5. The van der Waals surface area contributed by atoms with E-state index in [0.717, 1.165) is 41.1 Å². The number of carbonyl (C=O) groups is 1. The molecule has 2 N–H and O–H groups in total. The second-order valence-corrected chi connectivity index (χ2v) is 5.58. The van der Waals surface area contributed by atoms with E-state index in [-0.39, 0.29) is 5.91 Å². The number of amides is 1. The summed E-state index contributed by atoms with van der Waals surface area (Å²) in [7, 11) is 1.91. The normalized spacial score (nSPS) is 10.5. The molecule has 2 aromatic rings. The first kappa shape index (κ1) is 16.5. The lowest BCUT2D eigenvalue weighted by molar-refractivity contribution is 0.0953. The van der Waals surface area contributed by atoms with Crippen LogP contribution in [0.3, 0.4) is 0 Å². The maximum absolute atomic E-state index is 12.3. The van der Waals surface area contributed by atoms with Gasteiger partial charge in [0.15, 0.2) is 0 Å². The Morgan fingerprint density at radius 2 is 1.86 bits per heavy atom. The zero-order valence-corrected chi connectivity index (χ0v) is 13.5. The van der Waals surface area contributed by atoms with Crippen molar-refractivity contribution in [2.75, 3.05) is 20.1 Å². The first-order valence-electron chi connectivity index (χ1n) is 7.46. The van der Waals surface area contributed by atoms with Gasteiger partial charge in [-0.2, -0.15) is 0 Å². The molecule has 1 amide bonds. The van der Waals surface area contributed by atoms with Crippen LogP contribution < -0.4 is 10.6 Å². The lowest BCUT2D eigenvalue weighted by atomic mass is 10.0. The van der Waals surface area contributed by atoms with Gasteiger partial charge in [-0.05, 0) is 55.8 Å². The molecule has 0 saturated carbocycles.